The Hall–Kier alpha value is -2.09. The normalized spacial score (nSPS) is 15.6. The third-order valence-electron chi connectivity index (χ3n) is 4.29. The van der Waals surface area contributed by atoms with E-state index in [1.54, 1.807) is 24.4 Å². The molecule has 2 aromatic rings. The average Bonchev–Trinajstić information content (AvgIpc) is 2.72. The summed E-state index contributed by atoms with van der Waals surface area (Å²) in [5.41, 5.74) is 1.69. The fourth-order valence-electron chi connectivity index (χ4n) is 2.83. The molecule has 6 nitrogen and oxygen atoms in total. The molecule has 1 N–H and O–H groups in total. The number of carbonyl (C=O) groups excluding carboxylic acids is 1. The van der Waals surface area contributed by atoms with Gasteiger partial charge in [0.2, 0.25) is 0 Å². The number of halogens is 2. The van der Waals surface area contributed by atoms with E-state index in [2.05, 4.69) is 10.5 Å². The summed E-state index contributed by atoms with van der Waals surface area (Å²) in [6.45, 7) is 4.56. The van der Waals surface area contributed by atoms with Crippen LogP contribution in [0.3, 0.4) is 0 Å². The van der Waals surface area contributed by atoms with E-state index in [-0.39, 0.29) is 12.0 Å². The van der Waals surface area contributed by atoms with Gasteiger partial charge in [-0.05, 0) is 55.2 Å². The maximum atomic E-state index is 11.7. The van der Waals surface area contributed by atoms with Gasteiger partial charge in [0.15, 0.2) is 0 Å². The second-order valence-electron chi connectivity index (χ2n) is 6.96. The van der Waals surface area contributed by atoms with Crippen molar-refractivity contribution in [2.45, 2.75) is 37.7 Å². The molecular formula is C21H22Cl2N2O4S. The number of anilines is 1. The molecule has 9 heteroatoms. The van der Waals surface area contributed by atoms with Crippen molar-refractivity contribution in [2.24, 2.45) is 11.1 Å². The van der Waals surface area contributed by atoms with E-state index in [1.807, 2.05) is 32.0 Å². The molecule has 1 amide bonds. The van der Waals surface area contributed by atoms with Crippen LogP contribution in [0.25, 0.3) is 0 Å². The molecule has 1 heterocycles. The first-order chi connectivity index (χ1) is 14.4. The number of rotatable bonds is 9. The second-order valence-corrected chi connectivity index (χ2v) is 8.56. The predicted molar refractivity (Wildman–Crippen MR) is 121 cm³/mol. The van der Waals surface area contributed by atoms with Crippen LogP contribution in [0.15, 0.2) is 46.4 Å². The number of carbonyl (C=O) groups is 1. The predicted octanol–water partition coefficient (Wildman–Crippen LogP) is 7.12. The zero-order valence-corrected chi connectivity index (χ0v) is 18.9. The van der Waals surface area contributed by atoms with E-state index < -0.39 is 6.09 Å². The zero-order chi connectivity index (χ0) is 21.5. The largest absolute Gasteiger partial charge is 0.494 e. The van der Waals surface area contributed by atoms with Gasteiger partial charge in [-0.15, -0.1) is 0 Å². The number of cyclic esters (lactones) is 1. The number of benzene rings is 2. The molecule has 0 saturated heterocycles. The van der Waals surface area contributed by atoms with Gasteiger partial charge >= 0.3 is 6.09 Å². The minimum atomic E-state index is -0.423. The smallest absolute Gasteiger partial charge is 0.412 e. The van der Waals surface area contributed by atoms with Gasteiger partial charge in [-0.3, -0.25) is 5.32 Å². The van der Waals surface area contributed by atoms with Gasteiger partial charge in [0.25, 0.3) is 0 Å². The highest BCUT2D eigenvalue weighted by atomic mass is 35.5. The van der Waals surface area contributed by atoms with Gasteiger partial charge in [0, 0.05) is 11.8 Å². The number of oxime groups is 1. The van der Waals surface area contributed by atoms with Gasteiger partial charge in [-0.1, -0.05) is 42.2 Å². The fourth-order valence-corrected chi connectivity index (χ4v) is 3.68. The SMILES string of the molecule is CC(C)C1OC(=O)Nc2ccc(OCCCC=NOSc3ccc(Cl)c(Cl)c3)cc21. The molecule has 160 valence electrons. The molecule has 0 bridgehead atoms. The molecule has 0 radical (unpaired) electrons. The van der Waals surface area contributed by atoms with E-state index in [0.29, 0.717) is 23.1 Å². The number of fused-ring (bicyclic) bond motifs is 1. The van der Waals surface area contributed by atoms with Crippen LogP contribution in [0.1, 0.15) is 38.4 Å². The van der Waals surface area contributed by atoms with Crippen molar-refractivity contribution < 1.29 is 18.6 Å². The number of ether oxygens (including phenoxy) is 2. The summed E-state index contributed by atoms with van der Waals surface area (Å²) in [5.74, 6) is 0.908. The summed E-state index contributed by atoms with van der Waals surface area (Å²) in [5, 5.41) is 7.60. The molecule has 1 atom stereocenters. The van der Waals surface area contributed by atoms with Crippen molar-refractivity contribution in [1.82, 2.24) is 0 Å². The van der Waals surface area contributed by atoms with Crippen LogP contribution in [0.5, 0.6) is 5.75 Å². The Bertz CT molecular complexity index is 924. The van der Waals surface area contributed by atoms with Crippen molar-refractivity contribution in [1.29, 1.82) is 0 Å². The number of hydrogen-bond donors (Lipinski definition) is 1. The van der Waals surface area contributed by atoms with Crippen LogP contribution >= 0.6 is 35.2 Å². The highest BCUT2D eigenvalue weighted by molar-refractivity contribution is 7.94. The quantitative estimate of drug-likeness (QED) is 0.183. The number of nitrogens with zero attached hydrogens (tertiary/aromatic N) is 1. The molecule has 2 aromatic carbocycles. The van der Waals surface area contributed by atoms with E-state index in [9.17, 15) is 4.79 Å². The first kappa shape index (κ1) is 22.6. The molecule has 1 aliphatic heterocycles. The first-order valence-electron chi connectivity index (χ1n) is 9.49. The lowest BCUT2D eigenvalue weighted by Crippen LogP contribution is -2.27. The Kier molecular flexibility index (Phi) is 8.13. The fraction of sp³-hybridized carbons (Fsp3) is 0.333. The molecule has 0 saturated carbocycles. The average molecular weight is 469 g/mol. The Morgan fingerprint density at radius 1 is 1.23 bits per heavy atom. The Morgan fingerprint density at radius 3 is 2.83 bits per heavy atom. The van der Waals surface area contributed by atoms with Gasteiger partial charge < -0.3 is 13.8 Å². The number of unbranched alkanes of at least 4 members (excludes halogenated alkanes) is 1. The molecule has 0 aliphatic carbocycles. The van der Waals surface area contributed by atoms with E-state index >= 15 is 0 Å². The van der Waals surface area contributed by atoms with Crippen LogP contribution in [0.4, 0.5) is 10.5 Å². The van der Waals surface area contributed by atoms with Crippen molar-refractivity contribution in [2.75, 3.05) is 11.9 Å². The van der Waals surface area contributed by atoms with E-state index in [4.69, 9.17) is 37.0 Å². The molecule has 1 unspecified atom stereocenters. The Balaban J connectivity index is 1.40. The van der Waals surface area contributed by atoms with Gasteiger partial charge in [0.1, 0.15) is 23.9 Å². The summed E-state index contributed by atoms with van der Waals surface area (Å²) in [7, 11) is 0. The summed E-state index contributed by atoms with van der Waals surface area (Å²) < 4.78 is 16.4. The topological polar surface area (TPSA) is 69.2 Å². The van der Waals surface area contributed by atoms with Gasteiger partial charge in [-0.2, -0.15) is 0 Å². The standard InChI is InChI=1S/C21H22Cl2N2O4S/c1-13(2)20-16-11-14(5-8-19(16)25-21(26)28-20)27-10-4-3-9-24-29-30-15-6-7-17(22)18(23)12-15/h5-9,11-13,20H,3-4,10H2,1-2H3,(H,25,26). The maximum absolute atomic E-state index is 11.7. The highest BCUT2D eigenvalue weighted by Crippen LogP contribution is 2.37. The summed E-state index contributed by atoms with van der Waals surface area (Å²) >= 11 is 12.9. The van der Waals surface area contributed by atoms with Crippen LogP contribution in [0, 0.1) is 5.92 Å². The van der Waals surface area contributed by atoms with Crippen molar-refractivity contribution in [3.8, 4) is 5.75 Å². The highest BCUT2D eigenvalue weighted by Gasteiger charge is 2.29. The van der Waals surface area contributed by atoms with E-state index in [1.165, 1.54) is 0 Å². The van der Waals surface area contributed by atoms with Crippen molar-refractivity contribution in [3.05, 3.63) is 52.0 Å². The summed E-state index contributed by atoms with van der Waals surface area (Å²) in [4.78, 5) is 12.5. The molecule has 30 heavy (non-hydrogen) atoms. The number of nitrogens with one attached hydrogen (secondary N) is 1. The molecule has 0 spiro atoms. The van der Waals surface area contributed by atoms with Crippen molar-refractivity contribution >= 4 is 53.2 Å². The number of hydrogen-bond acceptors (Lipinski definition) is 6. The number of amides is 1. The van der Waals surface area contributed by atoms with Crippen LogP contribution in [-0.4, -0.2) is 18.9 Å². The first-order valence-corrected chi connectivity index (χ1v) is 11.0. The van der Waals surface area contributed by atoms with Crippen LogP contribution < -0.4 is 10.1 Å². The third kappa shape index (κ3) is 6.20. The third-order valence-corrected chi connectivity index (χ3v) is 5.64. The summed E-state index contributed by atoms with van der Waals surface area (Å²) in [6.07, 6.45) is 2.48. The van der Waals surface area contributed by atoms with Crippen molar-refractivity contribution in [3.63, 3.8) is 0 Å². The zero-order valence-electron chi connectivity index (χ0n) is 16.6. The van der Waals surface area contributed by atoms with Crippen LogP contribution in [-0.2, 0) is 9.02 Å². The molecule has 3 rings (SSSR count). The minimum absolute atomic E-state index is 0.169. The molecule has 0 fully saturated rings. The molecule has 1 aliphatic rings. The molecular weight excluding hydrogens is 447 g/mol. The van der Waals surface area contributed by atoms with E-state index in [0.717, 1.165) is 40.4 Å². The van der Waals surface area contributed by atoms with Gasteiger partial charge in [0.05, 0.1) is 27.2 Å². The second kappa shape index (κ2) is 10.8. The molecule has 0 aromatic heterocycles. The lowest BCUT2D eigenvalue weighted by molar-refractivity contribution is 0.0774. The monoisotopic (exact) mass is 468 g/mol. The lowest BCUT2D eigenvalue weighted by atomic mass is 9.96. The van der Waals surface area contributed by atoms with Gasteiger partial charge in [-0.25, -0.2) is 4.79 Å². The summed E-state index contributed by atoms with van der Waals surface area (Å²) in [6, 6.07) is 10.8. The van der Waals surface area contributed by atoms with Crippen LogP contribution in [0.2, 0.25) is 10.0 Å². The minimum Gasteiger partial charge on any atom is -0.494 e. The lowest BCUT2D eigenvalue weighted by Gasteiger charge is -2.29. The Morgan fingerprint density at radius 2 is 2.07 bits per heavy atom. The maximum Gasteiger partial charge on any atom is 0.412 e. The Labute approximate surface area is 190 Å².